The highest BCUT2D eigenvalue weighted by atomic mass is 16.2. The molecule has 0 atom stereocenters. The number of hydrogen-bond acceptors (Lipinski definition) is 2. The highest BCUT2D eigenvalue weighted by molar-refractivity contribution is 4.99. The Balaban J connectivity index is 2.67. The van der Waals surface area contributed by atoms with Crippen molar-refractivity contribution in [2.45, 2.75) is 25.8 Å². The first-order valence-corrected chi connectivity index (χ1v) is 4.01. The Morgan fingerprint density at radius 1 is 1.50 bits per heavy atom. The number of nitrogens with one attached hydrogen (secondary N) is 1. The van der Waals surface area contributed by atoms with Gasteiger partial charge in [-0.05, 0) is 19.8 Å². The van der Waals surface area contributed by atoms with E-state index in [1.54, 1.807) is 6.92 Å². The number of hydrogen-bond donors (Lipinski definition) is 1. The van der Waals surface area contributed by atoms with Gasteiger partial charge in [-0.2, -0.15) is 0 Å². The summed E-state index contributed by atoms with van der Waals surface area (Å²) >= 11 is 0. The third-order valence-electron chi connectivity index (χ3n) is 2.01. The van der Waals surface area contributed by atoms with Crippen LogP contribution in [0.4, 0.5) is 0 Å². The second kappa shape index (κ2) is 2.33. The molecule has 0 radical (unpaired) electrons. The van der Waals surface area contributed by atoms with Crippen molar-refractivity contribution in [1.29, 1.82) is 0 Å². The molecule has 12 heavy (non-hydrogen) atoms. The zero-order chi connectivity index (χ0) is 8.72. The molecule has 0 spiro atoms. The molecule has 0 amide bonds. The Labute approximate surface area is 68.9 Å². The fraction of sp³-hybridized carbons (Fsp3) is 0.500. The third-order valence-corrected chi connectivity index (χ3v) is 2.01. The molecule has 1 aromatic heterocycles. The SMILES string of the molecule is Cc1cc(=O)n(C2CC2)c(=O)[nH]1. The van der Waals surface area contributed by atoms with E-state index in [1.807, 2.05) is 0 Å². The lowest BCUT2D eigenvalue weighted by Crippen LogP contribution is -2.34. The molecule has 1 aromatic rings. The summed E-state index contributed by atoms with van der Waals surface area (Å²) in [6.07, 6.45) is 1.90. The van der Waals surface area contributed by atoms with Gasteiger partial charge >= 0.3 is 5.69 Å². The molecule has 0 bridgehead atoms. The first-order valence-electron chi connectivity index (χ1n) is 4.01. The first-order chi connectivity index (χ1) is 5.68. The Morgan fingerprint density at radius 2 is 2.17 bits per heavy atom. The van der Waals surface area contributed by atoms with Crippen molar-refractivity contribution < 1.29 is 0 Å². The topological polar surface area (TPSA) is 54.9 Å². The smallest absolute Gasteiger partial charge is 0.311 e. The van der Waals surface area contributed by atoms with Gasteiger partial charge < -0.3 is 4.98 Å². The summed E-state index contributed by atoms with van der Waals surface area (Å²) in [6.45, 7) is 1.71. The van der Waals surface area contributed by atoms with Crippen molar-refractivity contribution in [1.82, 2.24) is 9.55 Å². The summed E-state index contributed by atoms with van der Waals surface area (Å²) in [4.78, 5) is 25.1. The van der Waals surface area contributed by atoms with Gasteiger partial charge in [-0.1, -0.05) is 0 Å². The molecule has 64 valence electrons. The van der Waals surface area contributed by atoms with E-state index in [0.717, 1.165) is 12.8 Å². The number of rotatable bonds is 1. The number of aryl methyl sites for hydroxylation is 1. The molecule has 4 nitrogen and oxygen atoms in total. The molecular formula is C8H10N2O2. The molecule has 0 saturated heterocycles. The van der Waals surface area contributed by atoms with Gasteiger partial charge in [0.2, 0.25) is 0 Å². The molecule has 1 aliphatic rings. The van der Waals surface area contributed by atoms with Crippen LogP contribution < -0.4 is 11.2 Å². The Bertz CT molecular complexity index is 381. The summed E-state index contributed by atoms with van der Waals surface area (Å²) in [6, 6.07) is 1.61. The van der Waals surface area contributed by atoms with Gasteiger partial charge in [0.25, 0.3) is 5.56 Å². The maximum absolute atomic E-state index is 11.3. The maximum atomic E-state index is 11.3. The summed E-state index contributed by atoms with van der Waals surface area (Å²) < 4.78 is 1.30. The Morgan fingerprint density at radius 3 is 2.67 bits per heavy atom. The molecule has 2 rings (SSSR count). The van der Waals surface area contributed by atoms with Gasteiger partial charge in [-0.25, -0.2) is 4.79 Å². The third kappa shape index (κ3) is 1.09. The van der Waals surface area contributed by atoms with Crippen LogP contribution in [0, 0.1) is 6.92 Å². The quantitative estimate of drug-likeness (QED) is 0.647. The van der Waals surface area contributed by atoms with Gasteiger partial charge in [-0.3, -0.25) is 9.36 Å². The van der Waals surface area contributed by atoms with Crippen LogP contribution in [0.15, 0.2) is 15.7 Å². The van der Waals surface area contributed by atoms with Crippen molar-refractivity contribution in [3.63, 3.8) is 0 Å². The molecule has 0 unspecified atom stereocenters. The zero-order valence-corrected chi connectivity index (χ0v) is 6.83. The lowest BCUT2D eigenvalue weighted by atomic mass is 10.4. The molecule has 1 heterocycles. The van der Waals surface area contributed by atoms with Crippen LogP contribution in [0.1, 0.15) is 24.6 Å². The molecule has 1 N–H and O–H groups in total. The van der Waals surface area contributed by atoms with E-state index in [-0.39, 0.29) is 17.3 Å². The van der Waals surface area contributed by atoms with E-state index >= 15 is 0 Å². The number of aromatic nitrogens is 2. The van der Waals surface area contributed by atoms with Crippen molar-refractivity contribution in [2.24, 2.45) is 0 Å². The summed E-state index contributed by atoms with van der Waals surface area (Å²) in [5.74, 6) is 0. The maximum Gasteiger partial charge on any atom is 0.328 e. The summed E-state index contributed by atoms with van der Waals surface area (Å²) in [5, 5.41) is 0. The van der Waals surface area contributed by atoms with Crippen LogP contribution in [0.2, 0.25) is 0 Å². The van der Waals surface area contributed by atoms with Crippen LogP contribution in [0.5, 0.6) is 0 Å². The Hall–Kier alpha value is -1.32. The number of aromatic amines is 1. The molecule has 1 saturated carbocycles. The van der Waals surface area contributed by atoms with Gasteiger partial charge in [0, 0.05) is 17.8 Å². The van der Waals surface area contributed by atoms with E-state index in [9.17, 15) is 9.59 Å². The first kappa shape index (κ1) is 7.34. The van der Waals surface area contributed by atoms with Crippen LogP contribution in [-0.2, 0) is 0 Å². The van der Waals surface area contributed by atoms with Gasteiger partial charge in [-0.15, -0.1) is 0 Å². The normalized spacial score (nSPS) is 16.4. The number of nitrogens with zero attached hydrogens (tertiary/aromatic N) is 1. The fourth-order valence-corrected chi connectivity index (χ4v) is 1.30. The van der Waals surface area contributed by atoms with Crippen LogP contribution in [0.25, 0.3) is 0 Å². The van der Waals surface area contributed by atoms with Crippen molar-refractivity contribution in [3.8, 4) is 0 Å². The minimum Gasteiger partial charge on any atom is -0.311 e. The largest absolute Gasteiger partial charge is 0.328 e. The minimum absolute atomic E-state index is 0.154. The second-order valence-electron chi connectivity index (χ2n) is 3.20. The fourth-order valence-electron chi connectivity index (χ4n) is 1.30. The summed E-state index contributed by atoms with van der Waals surface area (Å²) in [7, 11) is 0. The highest BCUT2D eigenvalue weighted by Crippen LogP contribution is 2.31. The van der Waals surface area contributed by atoms with Gasteiger partial charge in [0.05, 0.1) is 0 Å². The van der Waals surface area contributed by atoms with Crippen LogP contribution >= 0.6 is 0 Å². The molecule has 1 fully saturated rings. The molecule has 4 heteroatoms. The van der Waals surface area contributed by atoms with Gasteiger partial charge in [0.15, 0.2) is 0 Å². The molecular weight excluding hydrogens is 156 g/mol. The monoisotopic (exact) mass is 166 g/mol. The van der Waals surface area contributed by atoms with E-state index in [1.165, 1.54) is 10.6 Å². The van der Waals surface area contributed by atoms with Crippen molar-refractivity contribution in [2.75, 3.05) is 0 Å². The lowest BCUT2D eigenvalue weighted by molar-refractivity contribution is 0.650. The number of H-pyrrole nitrogens is 1. The van der Waals surface area contributed by atoms with E-state index in [0.29, 0.717) is 5.69 Å². The Kier molecular flexibility index (Phi) is 1.43. The highest BCUT2D eigenvalue weighted by Gasteiger charge is 2.26. The van der Waals surface area contributed by atoms with E-state index in [2.05, 4.69) is 4.98 Å². The average Bonchev–Trinajstić information content (AvgIpc) is 2.68. The van der Waals surface area contributed by atoms with Crippen LogP contribution in [-0.4, -0.2) is 9.55 Å². The lowest BCUT2D eigenvalue weighted by Gasteiger charge is -2.00. The molecule has 0 aromatic carbocycles. The minimum atomic E-state index is -0.275. The standard InChI is InChI=1S/C8H10N2O2/c1-5-4-7(11)10(6-2-3-6)8(12)9-5/h4,6H,2-3H2,1H3,(H,9,12). The van der Waals surface area contributed by atoms with E-state index < -0.39 is 0 Å². The molecule has 1 aliphatic carbocycles. The summed E-state index contributed by atoms with van der Waals surface area (Å²) in [5.41, 5.74) is 0.170. The predicted octanol–water partition coefficient (Wildman–Crippen LogP) is 0.180. The molecule has 0 aliphatic heterocycles. The van der Waals surface area contributed by atoms with Gasteiger partial charge in [0.1, 0.15) is 0 Å². The zero-order valence-electron chi connectivity index (χ0n) is 6.83. The van der Waals surface area contributed by atoms with Crippen molar-refractivity contribution >= 4 is 0 Å². The predicted molar refractivity (Wildman–Crippen MR) is 44.3 cm³/mol. The van der Waals surface area contributed by atoms with Crippen molar-refractivity contribution in [3.05, 3.63) is 32.6 Å². The average molecular weight is 166 g/mol. The van der Waals surface area contributed by atoms with Crippen LogP contribution in [0.3, 0.4) is 0 Å². The van der Waals surface area contributed by atoms with E-state index in [4.69, 9.17) is 0 Å². The second-order valence-corrected chi connectivity index (χ2v) is 3.20.